The SMILES string of the molecule is O=C(COc1ccc2ccccc2c1Br)Nc1ccccc1-c1ccccc1NC(=O)COc1ccc2ccccc2c1Br. The standard InChI is InChI=1S/C36H26Br2N2O4/c37-35-25-11-3-1-9-23(25)17-19-31(35)43-21-33(41)39-29-15-7-5-13-27(29)28-14-6-8-16-30(28)40-34(42)22-44-32-20-18-24-10-2-4-12-26(24)36(32)38/h1-20H,21-22H2,(H,39,41)(H,40,42). The summed E-state index contributed by atoms with van der Waals surface area (Å²) in [6.07, 6.45) is 0. The number of carbonyl (C=O) groups excluding carboxylic acids is 2. The Hall–Kier alpha value is -4.66. The predicted octanol–water partition coefficient (Wildman–Crippen LogP) is 9.22. The van der Waals surface area contributed by atoms with Crippen LogP contribution in [0, 0.1) is 0 Å². The molecule has 2 amide bonds. The molecule has 0 aliphatic rings. The molecule has 6 nitrogen and oxygen atoms in total. The number of amides is 2. The third kappa shape index (κ3) is 6.46. The molecule has 2 N–H and O–H groups in total. The molecule has 0 saturated heterocycles. The number of fused-ring (bicyclic) bond motifs is 2. The number of halogens is 2. The lowest BCUT2D eigenvalue weighted by atomic mass is 10.0. The predicted molar refractivity (Wildman–Crippen MR) is 183 cm³/mol. The van der Waals surface area contributed by atoms with Crippen molar-refractivity contribution in [3.63, 3.8) is 0 Å². The van der Waals surface area contributed by atoms with Crippen LogP contribution in [0.4, 0.5) is 11.4 Å². The third-order valence-corrected chi connectivity index (χ3v) is 8.70. The average molecular weight is 710 g/mol. The van der Waals surface area contributed by atoms with Crippen molar-refractivity contribution >= 4 is 76.6 Å². The second kappa shape index (κ2) is 13.3. The molecule has 44 heavy (non-hydrogen) atoms. The molecule has 0 aromatic heterocycles. The topological polar surface area (TPSA) is 76.7 Å². The van der Waals surface area contributed by atoms with Crippen molar-refractivity contribution in [2.24, 2.45) is 0 Å². The van der Waals surface area contributed by atoms with Crippen LogP contribution in [0.3, 0.4) is 0 Å². The minimum absolute atomic E-state index is 0.175. The van der Waals surface area contributed by atoms with Gasteiger partial charge < -0.3 is 20.1 Å². The van der Waals surface area contributed by atoms with Gasteiger partial charge in [-0.15, -0.1) is 0 Å². The molecule has 0 bridgehead atoms. The molecule has 0 radical (unpaired) electrons. The Morgan fingerprint density at radius 2 is 0.886 bits per heavy atom. The van der Waals surface area contributed by atoms with E-state index in [1.165, 1.54) is 0 Å². The molecule has 0 unspecified atom stereocenters. The monoisotopic (exact) mass is 708 g/mol. The van der Waals surface area contributed by atoms with Gasteiger partial charge in [0.1, 0.15) is 11.5 Å². The fraction of sp³-hybridized carbons (Fsp3) is 0.0556. The maximum atomic E-state index is 13.0. The van der Waals surface area contributed by atoms with Crippen LogP contribution in [0.2, 0.25) is 0 Å². The summed E-state index contributed by atoms with van der Waals surface area (Å²) in [6.45, 7) is -0.351. The Morgan fingerprint density at radius 3 is 1.34 bits per heavy atom. The van der Waals surface area contributed by atoms with Gasteiger partial charge in [0.05, 0.1) is 8.95 Å². The van der Waals surface area contributed by atoms with E-state index in [0.717, 1.165) is 41.6 Å². The second-order valence-electron chi connectivity index (χ2n) is 9.96. The van der Waals surface area contributed by atoms with Gasteiger partial charge in [0.2, 0.25) is 0 Å². The Kier molecular flexibility index (Phi) is 8.91. The van der Waals surface area contributed by atoms with Crippen molar-refractivity contribution in [2.75, 3.05) is 23.8 Å². The number of nitrogens with one attached hydrogen (secondary N) is 2. The van der Waals surface area contributed by atoms with Crippen molar-refractivity contribution in [3.8, 4) is 22.6 Å². The fourth-order valence-corrected chi connectivity index (χ4v) is 6.18. The van der Waals surface area contributed by atoms with Crippen LogP contribution in [0.1, 0.15) is 0 Å². The summed E-state index contributed by atoms with van der Waals surface area (Å²) in [6, 6.07) is 38.4. The maximum Gasteiger partial charge on any atom is 0.262 e. The maximum absolute atomic E-state index is 13.0. The largest absolute Gasteiger partial charge is 0.483 e. The molecule has 0 fully saturated rings. The number of benzene rings is 6. The zero-order valence-corrected chi connectivity index (χ0v) is 26.5. The Morgan fingerprint density at radius 1 is 0.500 bits per heavy atom. The number of rotatable bonds is 9. The van der Waals surface area contributed by atoms with E-state index in [-0.39, 0.29) is 25.0 Å². The summed E-state index contributed by atoms with van der Waals surface area (Å²) >= 11 is 7.21. The minimum Gasteiger partial charge on any atom is -0.483 e. The number of carbonyl (C=O) groups is 2. The van der Waals surface area contributed by atoms with Gasteiger partial charge >= 0.3 is 0 Å². The molecule has 218 valence electrons. The Labute approximate surface area is 271 Å². The summed E-state index contributed by atoms with van der Waals surface area (Å²) < 4.78 is 13.3. The lowest BCUT2D eigenvalue weighted by molar-refractivity contribution is -0.118. The van der Waals surface area contributed by atoms with Crippen LogP contribution in [-0.4, -0.2) is 25.0 Å². The lowest BCUT2D eigenvalue weighted by Crippen LogP contribution is -2.21. The second-order valence-corrected chi connectivity index (χ2v) is 11.5. The number of hydrogen-bond donors (Lipinski definition) is 2. The summed E-state index contributed by atoms with van der Waals surface area (Å²) in [7, 11) is 0. The van der Waals surface area contributed by atoms with Crippen LogP contribution in [-0.2, 0) is 9.59 Å². The van der Waals surface area contributed by atoms with Crippen molar-refractivity contribution in [2.45, 2.75) is 0 Å². The molecule has 0 saturated carbocycles. The molecule has 0 aliphatic heterocycles. The van der Waals surface area contributed by atoms with Gasteiger partial charge in [-0.2, -0.15) is 0 Å². The number of anilines is 2. The van der Waals surface area contributed by atoms with E-state index in [9.17, 15) is 9.59 Å². The molecule has 0 atom stereocenters. The molecule has 0 heterocycles. The van der Waals surface area contributed by atoms with E-state index in [0.29, 0.717) is 22.9 Å². The van der Waals surface area contributed by atoms with E-state index in [1.54, 1.807) is 0 Å². The highest BCUT2D eigenvalue weighted by Gasteiger charge is 2.15. The lowest BCUT2D eigenvalue weighted by Gasteiger charge is -2.16. The van der Waals surface area contributed by atoms with Crippen LogP contribution in [0.15, 0.2) is 130 Å². The summed E-state index contributed by atoms with van der Waals surface area (Å²) in [5.74, 6) is 0.540. The fourth-order valence-electron chi connectivity index (χ4n) is 4.96. The summed E-state index contributed by atoms with van der Waals surface area (Å²) in [5, 5.41) is 10.1. The minimum atomic E-state index is -0.312. The van der Waals surface area contributed by atoms with Crippen LogP contribution < -0.4 is 20.1 Å². The third-order valence-electron chi connectivity index (χ3n) is 7.07. The van der Waals surface area contributed by atoms with Crippen LogP contribution in [0.5, 0.6) is 11.5 Å². The Bertz CT molecular complexity index is 1870. The van der Waals surface area contributed by atoms with Gasteiger partial charge in [0.15, 0.2) is 13.2 Å². The molecule has 6 rings (SSSR count). The molecular formula is C36H26Br2N2O4. The smallest absolute Gasteiger partial charge is 0.262 e. The molecule has 0 spiro atoms. The average Bonchev–Trinajstić information content (AvgIpc) is 3.05. The van der Waals surface area contributed by atoms with Crippen molar-refractivity contribution < 1.29 is 19.1 Å². The van der Waals surface area contributed by atoms with Crippen LogP contribution in [0.25, 0.3) is 32.7 Å². The first-order valence-corrected chi connectivity index (χ1v) is 15.4. The molecule has 8 heteroatoms. The first kappa shape index (κ1) is 29.4. The number of para-hydroxylation sites is 2. The molecule has 6 aromatic carbocycles. The van der Waals surface area contributed by atoms with Crippen LogP contribution >= 0.6 is 31.9 Å². The highest BCUT2D eigenvalue weighted by Crippen LogP contribution is 2.36. The van der Waals surface area contributed by atoms with E-state index >= 15 is 0 Å². The van der Waals surface area contributed by atoms with Crippen molar-refractivity contribution in [1.29, 1.82) is 0 Å². The van der Waals surface area contributed by atoms with E-state index in [4.69, 9.17) is 9.47 Å². The normalized spacial score (nSPS) is 10.9. The van der Waals surface area contributed by atoms with Crippen molar-refractivity contribution in [3.05, 3.63) is 130 Å². The van der Waals surface area contributed by atoms with E-state index in [2.05, 4.69) is 42.5 Å². The summed E-state index contributed by atoms with van der Waals surface area (Å²) in [4.78, 5) is 26.0. The molecule has 6 aromatic rings. The van der Waals surface area contributed by atoms with Gasteiger partial charge in [0, 0.05) is 22.5 Å². The quantitative estimate of drug-likeness (QED) is 0.157. The van der Waals surface area contributed by atoms with Gasteiger partial charge in [-0.05, 0) is 77.7 Å². The van der Waals surface area contributed by atoms with E-state index in [1.807, 2.05) is 121 Å². The van der Waals surface area contributed by atoms with Gasteiger partial charge in [0.25, 0.3) is 11.8 Å². The van der Waals surface area contributed by atoms with Gasteiger partial charge in [-0.1, -0.05) is 97.1 Å². The zero-order valence-electron chi connectivity index (χ0n) is 23.4. The van der Waals surface area contributed by atoms with E-state index < -0.39 is 0 Å². The number of hydrogen-bond acceptors (Lipinski definition) is 4. The zero-order chi connectivity index (χ0) is 30.5. The van der Waals surface area contributed by atoms with Crippen molar-refractivity contribution in [1.82, 2.24) is 0 Å². The molecular weight excluding hydrogens is 684 g/mol. The molecule has 0 aliphatic carbocycles. The first-order chi connectivity index (χ1) is 21.5. The van der Waals surface area contributed by atoms with Gasteiger partial charge in [-0.25, -0.2) is 0 Å². The Balaban J connectivity index is 1.14. The highest BCUT2D eigenvalue weighted by atomic mass is 79.9. The van der Waals surface area contributed by atoms with Gasteiger partial charge in [-0.3, -0.25) is 9.59 Å². The highest BCUT2D eigenvalue weighted by molar-refractivity contribution is 9.11. The number of ether oxygens (including phenoxy) is 2. The summed E-state index contributed by atoms with van der Waals surface area (Å²) in [5.41, 5.74) is 2.69. The first-order valence-electron chi connectivity index (χ1n) is 13.9.